The van der Waals surface area contributed by atoms with E-state index in [0.29, 0.717) is 6.16 Å². The van der Waals surface area contributed by atoms with E-state index in [1.54, 1.807) is 0 Å². The molecular formula is C26H43N2O2P+2. The smallest absolute Gasteiger partial charge is 0.169 e. The third kappa shape index (κ3) is 11.7. The van der Waals surface area contributed by atoms with Crippen molar-refractivity contribution in [2.45, 2.75) is 97.1 Å². The summed E-state index contributed by atoms with van der Waals surface area (Å²) in [6.45, 7) is 4.45. The zero-order chi connectivity index (χ0) is 22.2. The number of rotatable bonds is 17. The average molecular weight is 447 g/mol. The molecule has 172 valence electrons. The summed E-state index contributed by atoms with van der Waals surface area (Å²) in [6, 6.07) is 8.90. The fourth-order valence-corrected chi connectivity index (χ4v) is 4.43. The Balaban J connectivity index is 1.63. The molecule has 2 rings (SSSR count). The van der Waals surface area contributed by atoms with Gasteiger partial charge in [0.25, 0.3) is 0 Å². The highest BCUT2D eigenvalue weighted by atomic mass is 31.2. The highest BCUT2D eigenvalue weighted by molar-refractivity contribution is 7.45. The maximum atomic E-state index is 8.90. The Labute approximate surface area is 190 Å². The SMILES string of the molecule is CCCCCCCC[n+]1ccc(-c2cc[n+](CCCCCCCCP(O)O)cc2)cc1. The van der Waals surface area contributed by atoms with E-state index in [9.17, 15) is 0 Å². The lowest BCUT2D eigenvalue weighted by molar-refractivity contribution is -0.697. The molecule has 0 aliphatic heterocycles. The molecule has 0 aliphatic carbocycles. The zero-order valence-electron chi connectivity index (χ0n) is 19.5. The minimum atomic E-state index is -1.69. The van der Waals surface area contributed by atoms with Crippen LogP contribution in [-0.4, -0.2) is 15.9 Å². The molecule has 0 bridgehead atoms. The van der Waals surface area contributed by atoms with Gasteiger partial charge < -0.3 is 9.79 Å². The van der Waals surface area contributed by atoms with Crippen LogP contribution in [0.1, 0.15) is 84.0 Å². The Bertz CT molecular complexity index is 690. The second kappa shape index (κ2) is 16.3. The summed E-state index contributed by atoms with van der Waals surface area (Å²) in [7, 11) is -1.69. The van der Waals surface area contributed by atoms with Crippen LogP contribution in [0, 0.1) is 0 Å². The molecule has 0 radical (unpaired) electrons. The molecule has 2 N–H and O–H groups in total. The lowest BCUT2D eigenvalue weighted by Crippen LogP contribution is -2.33. The molecule has 4 nitrogen and oxygen atoms in total. The molecule has 0 saturated heterocycles. The van der Waals surface area contributed by atoms with Crippen molar-refractivity contribution in [3.05, 3.63) is 49.1 Å². The van der Waals surface area contributed by atoms with Gasteiger partial charge in [-0.25, -0.2) is 9.13 Å². The first-order valence-electron chi connectivity index (χ1n) is 12.3. The number of unbranched alkanes of at least 4 members (excludes halogenated alkanes) is 10. The van der Waals surface area contributed by atoms with Crippen LogP contribution in [0.5, 0.6) is 0 Å². The Kier molecular flexibility index (Phi) is 13.6. The number of pyridine rings is 2. The molecule has 0 amide bonds. The highest BCUT2D eigenvalue weighted by Crippen LogP contribution is 2.24. The molecule has 0 saturated carbocycles. The van der Waals surface area contributed by atoms with Crippen molar-refractivity contribution in [3.63, 3.8) is 0 Å². The predicted molar refractivity (Wildman–Crippen MR) is 130 cm³/mol. The summed E-state index contributed by atoms with van der Waals surface area (Å²) >= 11 is 0. The van der Waals surface area contributed by atoms with E-state index in [4.69, 9.17) is 9.79 Å². The van der Waals surface area contributed by atoms with Gasteiger partial charge in [0.05, 0.1) is 0 Å². The van der Waals surface area contributed by atoms with Gasteiger partial charge in [0, 0.05) is 43.3 Å². The Morgan fingerprint density at radius 1 is 0.581 bits per heavy atom. The average Bonchev–Trinajstić information content (AvgIpc) is 2.78. The molecular weight excluding hydrogens is 403 g/mol. The summed E-state index contributed by atoms with van der Waals surface area (Å²) in [5, 5.41) is 0. The van der Waals surface area contributed by atoms with Gasteiger partial charge in [-0.1, -0.05) is 51.9 Å². The Hall–Kier alpha value is -1.35. The second-order valence-corrected chi connectivity index (χ2v) is 9.83. The van der Waals surface area contributed by atoms with Crippen molar-refractivity contribution < 1.29 is 18.9 Å². The molecule has 0 fully saturated rings. The molecule has 0 atom stereocenters. The highest BCUT2D eigenvalue weighted by Gasteiger charge is 2.06. The standard InChI is InChI=1S/C26H43N2O2P/c1-2-3-4-5-8-11-18-27-20-14-25(15-21-27)26-16-22-28(23-17-26)19-12-9-6-7-10-13-24-31(29)30/h14-17,20-23,29-30H,2-13,18-19,24H2,1H3/q+2. The van der Waals surface area contributed by atoms with Crippen molar-refractivity contribution in [3.8, 4) is 11.1 Å². The first-order chi connectivity index (χ1) is 15.2. The van der Waals surface area contributed by atoms with Crippen molar-refractivity contribution in [2.75, 3.05) is 6.16 Å². The molecule has 5 heteroatoms. The monoisotopic (exact) mass is 446 g/mol. The minimum Gasteiger partial charge on any atom is -0.350 e. The van der Waals surface area contributed by atoms with Crippen LogP contribution in [0.25, 0.3) is 11.1 Å². The second-order valence-electron chi connectivity index (χ2n) is 8.63. The van der Waals surface area contributed by atoms with Gasteiger partial charge in [0.2, 0.25) is 0 Å². The number of hydrogen-bond donors (Lipinski definition) is 2. The normalized spacial score (nSPS) is 11.4. The summed E-state index contributed by atoms with van der Waals surface area (Å²) in [5.41, 5.74) is 2.55. The van der Waals surface area contributed by atoms with Gasteiger partial charge in [0.1, 0.15) is 13.1 Å². The van der Waals surface area contributed by atoms with Crippen molar-refractivity contribution in [2.24, 2.45) is 0 Å². The molecule has 31 heavy (non-hydrogen) atoms. The van der Waals surface area contributed by atoms with Crippen LogP contribution in [0.15, 0.2) is 49.1 Å². The van der Waals surface area contributed by atoms with E-state index < -0.39 is 8.38 Å². The van der Waals surface area contributed by atoms with Gasteiger partial charge in [-0.05, 0) is 30.4 Å². The van der Waals surface area contributed by atoms with Crippen LogP contribution in [0.4, 0.5) is 0 Å². The molecule has 0 aliphatic rings. The fraction of sp³-hybridized carbons (Fsp3) is 0.615. The molecule has 2 aromatic heterocycles. The predicted octanol–water partition coefficient (Wildman–Crippen LogP) is 5.93. The Morgan fingerprint density at radius 3 is 1.39 bits per heavy atom. The molecule has 2 aromatic rings. The van der Waals surface area contributed by atoms with E-state index >= 15 is 0 Å². The van der Waals surface area contributed by atoms with Gasteiger partial charge >= 0.3 is 0 Å². The quantitative estimate of drug-likeness (QED) is 0.180. The lowest BCUT2D eigenvalue weighted by atomic mass is 10.1. The van der Waals surface area contributed by atoms with Crippen LogP contribution in [0.3, 0.4) is 0 Å². The summed E-state index contributed by atoms with van der Waals surface area (Å²) in [5.74, 6) is 0. The van der Waals surface area contributed by atoms with Gasteiger partial charge in [-0.3, -0.25) is 0 Å². The van der Waals surface area contributed by atoms with Crippen LogP contribution in [-0.2, 0) is 13.1 Å². The number of nitrogens with zero attached hydrogens (tertiary/aromatic N) is 2. The molecule has 0 unspecified atom stereocenters. The van der Waals surface area contributed by atoms with E-state index in [-0.39, 0.29) is 0 Å². The van der Waals surface area contributed by atoms with Crippen LogP contribution < -0.4 is 9.13 Å². The first-order valence-corrected chi connectivity index (χ1v) is 13.8. The van der Waals surface area contributed by atoms with Gasteiger partial charge in [-0.2, -0.15) is 0 Å². The van der Waals surface area contributed by atoms with Crippen molar-refractivity contribution >= 4 is 8.38 Å². The number of hydrogen-bond acceptors (Lipinski definition) is 2. The van der Waals surface area contributed by atoms with E-state index in [1.807, 2.05) is 0 Å². The zero-order valence-corrected chi connectivity index (χ0v) is 20.4. The first kappa shape index (κ1) is 25.9. The third-order valence-electron chi connectivity index (χ3n) is 5.91. The topological polar surface area (TPSA) is 48.2 Å². The van der Waals surface area contributed by atoms with Crippen molar-refractivity contribution in [1.82, 2.24) is 0 Å². The maximum absolute atomic E-state index is 8.90. The fourth-order valence-electron chi connectivity index (χ4n) is 3.93. The van der Waals surface area contributed by atoms with Crippen LogP contribution >= 0.6 is 8.38 Å². The minimum absolute atomic E-state index is 0.568. The van der Waals surface area contributed by atoms with Crippen molar-refractivity contribution in [1.29, 1.82) is 0 Å². The number of aryl methyl sites for hydroxylation is 2. The molecule has 0 aromatic carbocycles. The van der Waals surface area contributed by atoms with Gasteiger partial charge in [0.15, 0.2) is 33.2 Å². The largest absolute Gasteiger partial charge is 0.350 e. The third-order valence-corrected chi connectivity index (χ3v) is 6.63. The number of aromatic nitrogens is 2. The summed E-state index contributed by atoms with van der Waals surface area (Å²) < 4.78 is 4.58. The molecule has 2 heterocycles. The molecule has 0 spiro atoms. The Morgan fingerprint density at radius 2 is 0.968 bits per heavy atom. The van der Waals surface area contributed by atoms with Gasteiger partial charge in [-0.15, -0.1) is 0 Å². The van der Waals surface area contributed by atoms with Crippen LogP contribution in [0.2, 0.25) is 0 Å². The van der Waals surface area contributed by atoms with E-state index in [1.165, 1.54) is 75.3 Å². The maximum Gasteiger partial charge on any atom is 0.169 e. The lowest BCUT2D eigenvalue weighted by Gasteiger charge is -2.03. The summed E-state index contributed by atoms with van der Waals surface area (Å²) in [6.07, 6.45) is 24.3. The summed E-state index contributed by atoms with van der Waals surface area (Å²) in [4.78, 5) is 17.8. The van der Waals surface area contributed by atoms with E-state index in [0.717, 1.165) is 25.9 Å². The van der Waals surface area contributed by atoms with E-state index in [2.05, 4.69) is 65.1 Å².